The maximum absolute atomic E-state index is 14.0. The van der Waals surface area contributed by atoms with Crippen molar-refractivity contribution in [2.75, 3.05) is 7.11 Å². The summed E-state index contributed by atoms with van der Waals surface area (Å²) < 4.78 is 18.9. The molecule has 0 heterocycles. The highest BCUT2D eigenvalue weighted by Crippen LogP contribution is 2.43. The SMILES string of the molecule is COc1cccc(C2(O)CCC(C)C2)c1F. The van der Waals surface area contributed by atoms with Crippen LogP contribution in [0.3, 0.4) is 0 Å². The van der Waals surface area contributed by atoms with Gasteiger partial charge in [-0.25, -0.2) is 4.39 Å². The summed E-state index contributed by atoms with van der Waals surface area (Å²) in [6.07, 6.45) is 2.18. The van der Waals surface area contributed by atoms with E-state index in [1.54, 1.807) is 18.2 Å². The van der Waals surface area contributed by atoms with Crippen LogP contribution in [0.1, 0.15) is 31.7 Å². The van der Waals surface area contributed by atoms with E-state index < -0.39 is 11.4 Å². The quantitative estimate of drug-likeness (QED) is 0.837. The number of aliphatic hydroxyl groups is 1. The molecule has 3 heteroatoms. The first kappa shape index (κ1) is 11.4. The Morgan fingerprint density at radius 3 is 2.81 bits per heavy atom. The van der Waals surface area contributed by atoms with Crippen molar-refractivity contribution < 1.29 is 14.2 Å². The predicted octanol–water partition coefficient (Wildman–Crippen LogP) is 2.84. The normalized spacial score (nSPS) is 29.4. The fourth-order valence-corrected chi connectivity index (χ4v) is 2.54. The van der Waals surface area contributed by atoms with Crippen molar-refractivity contribution in [3.8, 4) is 5.75 Å². The monoisotopic (exact) mass is 224 g/mol. The second kappa shape index (κ2) is 4.06. The molecule has 0 aliphatic heterocycles. The summed E-state index contributed by atoms with van der Waals surface area (Å²) in [6.45, 7) is 2.08. The van der Waals surface area contributed by atoms with Crippen molar-refractivity contribution in [2.24, 2.45) is 5.92 Å². The van der Waals surface area contributed by atoms with Gasteiger partial charge in [0.1, 0.15) is 0 Å². The molecule has 1 aliphatic rings. The molecule has 2 rings (SSSR count). The van der Waals surface area contributed by atoms with Crippen LogP contribution in [0.5, 0.6) is 5.75 Å². The molecule has 16 heavy (non-hydrogen) atoms. The van der Waals surface area contributed by atoms with Crippen LogP contribution in [0.15, 0.2) is 18.2 Å². The number of hydrogen-bond acceptors (Lipinski definition) is 2. The molecular weight excluding hydrogens is 207 g/mol. The molecule has 2 nitrogen and oxygen atoms in total. The number of rotatable bonds is 2. The van der Waals surface area contributed by atoms with E-state index in [2.05, 4.69) is 6.92 Å². The first-order valence-electron chi connectivity index (χ1n) is 5.62. The molecule has 1 aromatic rings. The van der Waals surface area contributed by atoms with E-state index in [0.717, 1.165) is 6.42 Å². The van der Waals surface area contributed by atoms with Gasteiger partial charge in [-0.1, -0.05) is 19.1 Å². The van der Waals surface area contributed by atoms with Crippen molar-refractivity contribution >= 4 is 0 Å². The Morgan fingerprint density at radius 2 is 2.25 bits per heavy atom. The first-order chi connectivity index (χ1) is 7.57. The maximum Gasteiger partial charge on any atom is 0.171 e. The van der Waals surface area contributed by atoms with Crippen LogP contribution in [-0.4, -0.2) is 12.2 Å². The Bertz CT molecular complexity index is 392. The third kappa shape index (κ3) is 1.80. The Hall–Kier alpha value is -1.09. The van der Waals surface area contributed by atoms with Gasteiger partial charge in [0.05, 0.1) is 12.7 Å². The van der Waals surface area contributed by atoms with Gasteiger partial charge in [-0.2, -0.15) is 0 Å². The minimum absolute atomic E-state index is 0.200. The van der Waals surface area contributed by atoms with Gasteiger partial charge in [0.15, 0.2) is 11.6 Å². The van der Waals surface area contributed by atoms with E-state index in [-0.39, 0.29) is 5.75 Å². The molecule has 2 unspecified atom stereocenters. The number of methoxy groups -OCH3 is 1. The maximum atomic E-state index is 14.0. The van der Waals surface area contributed by atoms with Crippen LogP contribution >= 0.6 is 0 Å². The highest BCUT2D eigenvalue weighted by molar-refractivity contribution is 5.35. The van der Waals surface area contributed by atoms with E-state index in [4.69, 9.17) is 4.74 Å². The standard InChI is InChI=1S/C13H17FO2/c1-9-6-7-13(15,8-9)10-4-3-5-11(16-2)12(10)14/h3-5,9,15H,6-8H2,1-2H3. The Kier molecular flexibility index (Phi) is 2.89. The second-order valence-corrected chi connectivity index (χ2v) is 4.70. The molecule has 1 aliphatic carbocycles. The van der Waals surface area contributed by atoms with Crippen LogP contribution < -0.4 is 4.74 Å². The van der Waals surface area contributed by atoms with Gasteiger partial charge in [-0.05, 0) is 31.2 Å². The molecule has 1 fully saturated rings. The van der Waals surface area contributed by atoms with E-state index in [9.17, 15) is 9.50 Å². The third-order valence-electron chi connectivity index (χ3n) is 3.42. The number of ether oxygens (including phenoxy) is 1. The Morgan fingerprint density at radius 1 is 1.50 bits per heavy atom. The average molecular weight is 224 g/mol. The van der Waals surface area contributed by atoms with Gasteiger partial charge >= 0.3 is 0 Å². The van der Waals surface area contributed by atoms with Crippen LogP contribution in [0, 0.1) is 11.7 Å². The summed E-state index contributed by atoms with van der Waals surface area (Å²) in [7, 11) is 1.43. The van der Waals surface area contributed by atoms with E-state index in [1.165, 1.54) is 7.11 Å². The second-order valence-electron chi connectivity index (χ2n) is 4.70. The summed E-state index contributed by atoms with van der Waals surface area (Å²) in [4.78, 5) is 0. The van der Waals surface area contributed by atoms with Crippen molar-refractivity contribution in [1.29, 1.82) is 0 Å². The summed E-state index contributed by atoms with van der Waals surface area (Å²) in [6, 6.07) is 4.94. The molecule has 88 valence electrons. The highest BCUT2D eigenvalue weighted by Gasteiger charge is 2.39. The molecule has 0 radical (unpaired) electrons. The molecule has 0 saturated heterocycles. The lowest BCUT2D eigenvalue weighted by molar-refractivity contribution is 0.0366. The molecule has 0 aromatic heterocycles. The van der Waals surface area contributed by atoms with Crippen molar-refractivity contribution in [3.05, 3.63) is 29.6 Å². The predicted molar refractivity (Wildman–Crippen MR) is 59.9 cm³/mol. The van der Waals surface area contributed by atoms with Gasteiger partial charge in [-0.15, -0.1) is 0 Å². The number of hydrogen-bond donors (Lipinski definition) is 1. The topological polar surface area (TPSA) is 29.5 Å². The van der Waals surface area contributed by atoms with E-state index >= 15 is 0 Å². The fourth-order valence-electron chi connectivity index (χ4n) is 2.54. The Balaban J connectivity index is 2.40. The molecular formula is C13H17FO2. The molecule has 1 aromatic carbocycles. The van der Waals surface area contributed by atoms with Crippen molar-refractivity contribution in [2.45, 2.75) is 31.8 Å². The van der Waals surface area contributed by atoms with Gasteiger partial charge in [0, 0.05) is 5.56 Å². The van der Waals surface area contributed by atoms with Crippen LogP contribution in [0.2, 0.25) is 0 Å². The summed E-state index contributed by atoms with van der Waals surface area (Å²) in [5, 5.41) is 10.4. The van der Waals surface area contributed by atoms with Crippen molar-refractivity contribution in [1.82, 2.24) is 0 Å². The summed E-state index contributed by atoms with van der Waals surface area (Å²) >= 11 is 0. The van der Waals surface area contributed by atoms with E-state index in [1.807, 2.05) is 0 Å². The Labute approximate surface area is 95.1 Å². The highest BCUT2D eigenvalue weighted by atomic mass is 19.1. The molecule has 1 saturated carbocycles. The molecule has 0 amide bonds. The van der Waals surface area contributed by atoms with Crippen LogP contribution in [0.4, 0.5) is 4.39 Å². The first-order valence-corrected chi connectivity index (χ1v) is 5.62. The van der Waals surface area contributed by atoms with Gasteiger partial charge in [-0.3, -0.25) is 0 Å². The van der Waals surface area contributed by atoms with E-state index in [0.29, 0.717) is 24.3 Å². The fraction of sp³-hybridized carbons (Fsp3) is 0.538. The minimum Gasteiger partial charge on any atom is -0.494 e. The molecule has 1 N–H and O–H groups in total. The molecule has 2 atom stereocenters. The largest absolute Gasteiger partial charge is 0.494 e. The smallest absolute Gasteiger partial charge is 0.171 e. The lowest BCUT2D eigenvalue weighted by Gasteiger charge is -2.24. The zero-order valence-electron chi connectivity index (χ0n) is 9.66. The van der Waals surface area contributed by atoms with Gasteiger partial charge in [0.25, 0.3) is 0 Å². The zero-order valence-corrected chi connectivity index (χ0v) is 9.66. The van der Waals surface area contributed by atoms with Gasteiger partial charge < -0.3 is 9.84 Å². The minimum atomic E-state index is -1.02. The molecule has 0 spiro atoms. The number of halogens is 1. The number of benzene rings is 1. The zero-order chi connectivity index (χ0) is 11.8. The van der Waals surface area contributed by atoms with Crippen LogP contribution in [-0.2, 0) is 5.60 Å². The van der Waals surface area contributed by atoms with Crippen LogP contribution in [0.25, 0.3) is 0 Å². The van der Waals surface area contributed by atoms with Gasteiger partial charge in [0.2, 0.25) is 0 Å². The van der Waals surface area contributed by atoms with Crippen molar-refractivity contribution in [3.63, 3.8) is 0 Å². The third-order valence-corrected chi connectivity index (χ3v) is 3.42. The average Bonchev–Trinajstić information content (AvgIpc) is 2.60. The summed E-state index contributed by atoms with van der Waals surface area (Å²) in [5.74, 6) is 0.211. The lowest BCUT2D eigenvalue weighted by Crippen LogP contribution is -2.23. The summed E-state index contributed by atoms with van der Waals surface area (Å²) in [5.41, 5.74) is -0.644. The molecule has 0 bridgehead atoms. The lowest BCUT2D eigenvalue weighted by atomic mass is 9.90.